The summed E-state index contributed by atoms with van der Waals surface area (Å²) in [7, 11) is 1.96. The Morgan fingerprint density at radius 2 is 2.16 bits per heavy atom. The van der Waals surface area contributed by atoms with Gasteiger partial charge in [0, 0.05) is 12.6 Å². The zero-order valence-corrected chi connectivity index (χ0v) is 13.8. The highest BCUT2D eigenvalue weighted by molar-refractivity contribution is 9.12. The lowest BCUT2D eigenvalue weighted by Crippen LogP contribution is -1.91. The van der Waals surface area contributed by atoms with Gasteiger partial charge in [-0.1, -0.05) is 6.07 Å². The van der Waals surface area contributed by atoms with Crippen LogP contribution in [-0.2, 0) is 7.05 Å². The number of imidazole rings is 1. The van der Waals surface area contributed by atoms with Crippen LogP contribution in [0.4, 0.5) is 0 Å². The largest absolute Gasteiger partial charge is 0.327 e. The maximum absolute atomic E-state index is 9.15. The lowest BCUT2D eigenvalue weighted by molar-refractivity contribution is 0.959. The predicted molar refractivity (Wildman–Crippen MR) is 84.1 cm³/mol. The molecule has 3 aromatic rings. The standard InChI is InChI=1S/C13H7Br2N3S/c1-18-9-4-2-3-7(6-16)11(9)17-13(18)8-5-10(14)19-12(8)15/h2-5H,1H3. The minimum atomic E-state index is 0.602. The fourth-order valence-corrected chi connectivity index (χ4v) is 4.83. The summed E-state index contributed by atoms with van der Waals surface area (Å²) in [5.74, 6) is 0.853. The molecule has 0 radical (unpaired) electrons. The maximum Gasteiger partial charge on any atom is 0.142 e. The molecular formula is C13H7Br2N3S. The molecule has 1 aromatic carbocycles. The smallest absolute Gasteiger partial charge is 0.142 e. The third-order valence-corrected chi connectivity index (χ3v) is 5.27. The Morgan fingerprint density at radius 3 is 2.79 bits per heavy atom. The van der Waals surface area contributed by atoms with Crippen LogP contribution in [0.2, 0.25) is 0 Å². The first-order chi connectivity index (χ1) is 9.11. The number of nitriles is 1. The van der Waals surface area contributed by atoms with Crippen LogP contribution < -0.4 is 0 Å². The van der Waals surface area contributed by atoms with Gasteiger partial charge in [-0.3, -0.25) is 0 Å². The minimum absolute atomic E-state index is 0.602. The Hall–Kier alpha value is -1.16. The number of halogens is 2. The first-order valence-electron chi connectivity index (χ1n) is 5.42. The number of aryl methyl sites for hydroxylation is 1. The monoisotopic (exact) mass is 395 g/mol. The van der Waals surface area contributed by atoms with Crippen LogP contribution in [0.5, 0.6) is 0 Å². The average Bonchev–Trinajstić information content (AvgIpc) is 2.90. The normalized spacial score (nSPS) is 10.8. The lowest BCUT2D eigenvalue weighted by Gasteiger charge is -2.00. The van der Waals surface area contributed by atoms with Crippen LogP contribution >= 0.6 is 43.2 Å². The average molecular weight is 397 g/mol. The van der Waals surface area contributed by atoms with Crippen molar-refractivity contribution in [2.45, 2.75) is 0 Å². The molecule has 0 saturated heterocycles. The molecule has 0 unspecified atom stereocenters. The van der Waals surface area contributed by atoms with E-state index in [1.807, 2.05) is 29.8 Å². The highest BCUT2D eigenvalue weighted by Gasteiger charge is 2.16. The first-order valence-corrected chi connectivity index (χ1v) is 7.83. The van der Waals surface area contributed by atoms with Crippen LogP contribution in [0.25, 0.3) is 22.4 Å². The van der Waals surface area contributed by atoms with Crippen LogP contribution in [0.1, 0.15) is 5.56 Å². The predicted octanol–water partition coefficient (Wildman–Crippen LogP) is 4.70. The van der Waals surface area contributed by atoms with Gasteiger partial charge in [0.15, 0.2) is 0 Å². The van der Waals surface area contributed by atoms with Gasteiger partial charge < -0.3 is 4.57 Å². The summed E-state index contributed by atoms with van der Waals surface area (Å²) in [6.45, 7) is 0. The summed E-state index contributed by atoms with van der Waals surface area (Å²) in [6.07, 6.45) is 0. The molecule has 0 bridgehead atoms. The van der Waals surface area contributed by atoms with Crippen molar-refractivity contribution in [2.75, 3.05) is 0 Å². The molecule has 2 heterocycles. The minimum Gasteiger partial charge on any atom is -0.327 e. The Balaban J connectivity index is 2.35. The maximum atomic E-state index is 9.15. The zero-order valence-electron chi connectivity index (χ0n) is 9.82. The molecule has 0 N–H and O–H groups in total. The lowest BCUT2D eigenvalue weighted by atomic mass is 10.2. The van der Waals surface area contributed by atoms with Gasteiger partial charge in [0.1, 0.15) is 17.4 Å². The number of para-hydroxylation sites is 1. The molecule has 2 aromatic heterocycles. The number of aromatic nitrogens is 2. The van der Waals surface area contributed by atoms with E-state index in [-0.39, 0.29) is 0 Å². The third-order valence-electron chi connectivity index (χ3n) is 2.93. The van der Waals surface area contributed by atoms with Crippen molar-refractivity contribution >= 4 is 54.2 Å². The summed E-state index contributed by atoms with van der Waals surface area (Å²) >= 11 is 8.63. The summed E-state index contributed by atoms with van der Waals surface area (Å²) in [6, 6.07) is 9.86. The first kappa shape index (κ1) is 12.9. The Morgan fingerprint density at radius 1 is 1.37 bits per heavy atom. The second-order valence-electron chi connectivity index (χ2n) is 4.02. The Kier molecular flexibility index (Phi) is 3.21. The van der Waals surface area contributed by atoms with Gasteiger partial charge in [-0.25, -0.2) is 4.98 Å². The van der Waals surface area contributed by atoms with Crippen molar-refractivity contribution in [3.05, 3.63) is 37.4 Å². The number of hydrogen-bond donors (Lipinski definition) is 0. The Bertz CT molecular complexity index is 826. The molecule has 3 nitrogen and oxygen atoms in total. The molecule has 0 spiro atoms. The molecule has 3 rings (SSSR count). The fraction of sp³-hybridized carbons (Fsp3) is 0.0769. The van der Waals surface area contributed by atoms with E-state index in [0.717, 1.165) is 30.0 Å². The van der Waals surface area contributed by atoms with Crippen molar-refractivity contribution in [1.29, 1.82) is 5.26 Å². The summed E-state index contributed by atoms with van der Waals surface area (Å²) in [4.78, 5) is 4.62. The van der Waals surface area contributed by atoms with E-state index in [0.29, 0.717) is 5.56 Å². The number of rotatable bonds is 1. The summed E-state index contributed by atoms with van der Waals surface area (Å²) in [5.41, 5.74) is 3.34. The van der Waals surface area contributed by atoms with Gasteiger partial charge in [0.05, 0.1) is 18.7 Å². The van der Waals surface area contributed by atoms with E-state index < -0.39 is 0 Å². The molecule has 0 aliphatic heterocycles. The molecule has 0 aliphatic carbocycles. The summed E-state index contributed by atoms with van der Waals surface area (Å²) in [5, 5.41) is 9.15. The zero-order chi connectivity index (χ0) is 13.6. The SMILES string of the molecule is Cn1c(-c2cc(Br)sc2Br)nc2c(C#N)cccc21. The van der Waals surface area contributed by atoms with Crippen LogP contribution in [0, 0.1) is 11.3 Å². The molecule has 6 heteroatoms. The van der Waals surface area contributed by atoms with E-state index in [9.17, 15) is 0 Å². The molecule has 94 valence electrons. The van der Waals surface area contributed by atoms with E-state index in [4.69, 9.17) is 5.26 Å². The highest BCUT2D eigenvalue weighted by atomic mass is 79.9. The molecule has 0 aliphatic rings. The van der Waals surface area contributed by atoms with Crippen molar-refractivity contribution in [3.8, 4) is 17.5 Å². The van der Waals surface area contributed by atoms with Crippen molar-refractivity contribution in [3.63, 3.8) is 0 Å². The topological polar surface area (TPSA) is 41.6 Å². The van der Waals surface area contributed by atoms with Crippen LogP contribution in [0.3, 0.4) is 0 Å². The van der Waals surface area contributed by atoms with Crippen molar-refractivity contribution in [2.24, 2.45) is 7.05 Å². The van der Waals surface area contributed by atoms with E-state index in [2.05, 4.69) is 42.9 Å². The second-order valence-corrected chi connectivity index (χ2v) is 7.77. The van der Waals surface area contributed by atoms with E-state index >= 15 is 0 Å². The molecule has 0 fully saturated rings. The quantitative estimate of drug-likeness (QED) is 0.598. The van der Waals surface area contributed by atoms with E-state index in [1.54, 1.807) is 17.4 Å². The Labute approximate surface area is 130 Å². The second kappa shape index (κ2) is 4.75. The number of nitrogens with zero attached hydrogens (tertiary/aromatic N) is 3. The number of hydrogen-bond acceptors (Lipinski definition) is 3. The van der Waals surface area contributed by atoms with E-state index in [1.165, 1.54) is 0 Å². The van der Waals surface area contributed by atoms with Gasteiger partial charge in [0.2, 0.25) is 0 Å². The molecule has 19 heavy (non-hydrogen) atoms. The van der Waals surface area contributed by atoms with Gasteiger partial charge in [-0.05, 0) is 50.1 Å². The van der Waals surface area contributed by atoms with Gasteiger partial charge in [-0.2, -0.15) is 5.26 Å². The van der Waals surface area contributed by atoms with Crippen LogP contribution in [0.15, 0.2) is 31.8 Å². The molecule has 0 amide bonds. The summed E-state index contributed by atoms with van der Waals surface area (Å²) < 4.78 is 4.08. The number of thiophene rings is 1. The molecule has 0 saturated carbocycles. The van der Waals surface area contributed by atoms with Crippen LogP contribution in [-0.4, -0.2) is 9.55 Å². The molecular weight excluding hydrogens is 390 g/mol. The van der Waals surface area contributed by atoms with Crippen molar-refractivity contribution in [1.82, 2.24) is 9.55 Å². The van der Waals surface area contributed by atoms with Crippen molar-refractivity contribution < 1.29 is 0 Å². The van der Waals surface area contributed by atoms with Gasteiger partial charge >= 0.3 is 0 Å². The van der Waals surface area contributed by atoms with Gasteiger partial charge in [0.25, 0.3) is 0 Å². The fourth-order valence-electron chi connectivity index (χ4n) is 2.04. The molecule has 0 atom stereocenters. The third kappa shape index (κ3) is 2.02. The number of fused-ring (bicyclic) bond motifs is 1. The highest BCUT2D eigenvalue weighted by Crippen LogP contribution is 2.39. The van der Waals surface area contributed by atoms with Gasteiger partial charge in [-0.15, -0.1) is 11.3 Å². The number of benzene rings is 1.